The third-order valence-electron chi connectivity index (χ3n) is 5.46. The third kappa shape index (κ3) is 3.45. The van der Waals surface area contributed by atoms with Crippen molar-refractivity contribution in [3.05, 3.63) is 39.7 Å². The van der Waals surface area contributed by atoms with E-state index in [1.165, 1.54) is 17.5 Å². The zero-order chi connectivity index (χ0) is 22.9. The predicted molar refractivity (Wildman–Crippen MR) is 124 cm³/mol. The summed E-state index contributed by atoms with van der Waals surface area (Å²) < 4.78 is 30.8. The van der Waals surface area contributed by atoms with Gasteiger partial charge in [0.1, 0.15) is 4.88 Å². The highest BCUT2D eigenvalue weighted by Crippen LogP contribution is 2.41. The van der Waals surface area contributed by atoms with Crippen LogP contribution < -0.4 is 15.4 Å². The van der Waals surface area contributed by atoms with Crippen LogP contribution in [0.2, 0.25) is 5.28 Å². The topological polar surface area (TPSA) is 136 Å². The number of hydrogen-bond acceptors (Lipinski definition) is 10. The lowest BCUT2D eigenvalue weighted by atomic mass is 10.1. The number of thiophene rings is 1. The number of aromatic nitrogens is 4. The Balaban J connectivity index is 1.44. The number of rotatable bonds is 2. The Morgan fingerprint density at radius 1 is 1.21 bits per heavy atom. The van der Waals surface area contributed by atoms with Crippen molar-refractivity contribution in [3.8, 4) is 11.8 Å². The predicted octanol–water partition coefficient (Wildman–Crippen LogP) is 3.05. The number of nitrogens with one attached hydrogen (secondary N) is 2. The monoisotopic (exact) mass is 502 g/mol. The molecule has 4 aromatic rings. The van der Waals surface area contributed by atoms with Crippen molar-refractivity contribution in [2.24, 2.45) is 0 Å². The summed E-state index contributed by atoms with van der Waals surface area (Å²) in [6.07, 6.45) is 1.44. The number of fused-ring (bicyclic) bond motifs is 6. The molecule has 2 N–H and O–H groups in total. The van der Waals surface area contributed by atoms with Crippen LogP contribution in [0, 0.1) is 0 Å². The standard InChI is InChI=1S/C20H15ClN6O4S2/c1-8-4-22-16-14-12(32-17(16)18(28)24-8)3-2-10-15(14)23-5-13(25-10)31-19-9-6-33(29,30)7-11(9)26-20(21)27-19/h2-3,5,8,22H,4,6-7H2,1H3,(H,24,28)/t8-/m1/s1. The maximum atomic E-state index is 12.6. The molecule has 0 spiro atoms. The van der Waals surface area contributed by atoms with Crippen molar-refractivity contribution in [2.45, 2.75) is 24.5 Å². The number of carbonyl (C=O) groups excluding carboxylic acids is 1. The molecule has 0 saturated carbocycles. The number of ether oxygens (including phenoxy) is 1. The van der Waals surface area contributed by atoms with Gasteiger partial charge in [0, 0.05) is 22.7 Å². The molecule has 0 aliphatic carbocycles. The van der Waals surface area contributed by atoms with Crippen LogP contribution in [0.1, 0.15) is 27.9 Å². The fourth-order valence-electron chi connectivity index (χ4n) is 4.03. The molecule has 3 aromatic heterocycles. The fraction of sp³-hybridized carbons (Fsp3) is 0.250. The van der Waals surface area contributed by atoms with Crippen LogP contribution in [-0.2, 0) is 21.3 Å². The van der Waals surface area contributed by atoms with Crippen LogP contribution in [0.4, 0.5) is 5.69 Å². The normalized spacial score (nSPS) is 19.0. The largest absolute Gasteiger partial charge is 0.419 e. The summed E-state index contributed by atoms with van der Waals surface area (Å²) in [5.74, 6) is -0.343. The number of amides is 1. The lowest BCUT2D eigenvalue weighted by Gasteiger charge is -2.10. The molecule has 1 aromatic carbocycles. The molecule has 13 heteroatoms. The number of carbonyl (C=O) groups is 1. The Hall–Kier alpha value is -3.09. The SMILES string of the molecule is C[C@@H]1CNc2c(sc3ccc4nc(Oc5nc(Cl)nc6c5CS(=O)(=O)C6)cnc4c23)C(=O)N1. The van der Waals surface area contributed by atoms with Crippen molar-refractivity contribution >= 4 is 65.5 Å². The van der Waals surface area contributed by atoms with Gasteiger partial charge >= 0.3 is 0 Å². The van der Waals surface area contributed by atoms with E-state index in [0.717, 1.165) is 15.8 Å². The maximum Gasteiger partial charge on any atom is 0.263 e. The molecule has 1 atom stereocenters. The first-order chi connectivity index (χ1) is 15.8. The van der Waals surface area contributed by atoms with Gasteiger partial charge in [-0.3, -0.25) is 4.79 Å². The Bertz CT molecular complexity index is 1600. The molecule has 0 unspecified atom stereocenters. The summed E-state index contributed by atoms with van der Waals surface area (Å²) in [5.41, 5.74) is 2.64. The third-order valence-corrected chi connectivity index (χ3v) is 8.23. The summed E-state index contributed by atoms with van der Waals surface area (Å²) in [6, 6.07) is 3.69. The molecule has 33 heavy (non-hydrogen) atoms. The number of anilines is 1. The molecule has 1 amide bonds. The molecule has 6 rings (SSSR count). The number of halogens is 1. The number of sulfone groups is 1. The van der Waals surface area contributed by atoms with Gasteiger partial charge in [-0.2, -0.15) is 4.98 Å². The molecular weight excluding hydrogens is 488 g/mol. The van der Waals surface area contributed by atoms with Crippen molar-refractivity contribution in [3.63, 3.8) is 0 Å². The van der Waals surface area contributed by atoms with Gasteiger partial charge in [0.25, 0.3) is 5.91 Å². The van der Waals surface area contributed by atoms with E-state index in [1.807, 2.05) is 13.0 Å². The second-order valence-electron chi connectivity index (χ2n) is 7.93. The van der Waals surface area contributed by atoms with E-state index >= 15 is 0 Å². The Labute approximate surface area is 196 Å². The molecule has 5 heterocycles. The first-order valence-corrected chi connectivity index (χ1v) is 13.0. The average molecular weight is 503 g/mol. The van der Waals surface area contributed by atoms with Crippen LogP contribution in [0.3, 0.4) is 0 Å². The van der Waals surface area contributed by atoms with E-state index in [1.54, 1.807) is 6.07 Å². The molecule has 0 radical (unpaired) electrons. The Morgan fingerprint density at radius 2 is 2.06 bits per heavy atom. The molecular formula is C20H15ClN6O4S2. The summed E-state index contributed by atoms with van der Waals surface area (Å²) >= 11 is 7.36. The minimum absolute atomic E-state index is 0.00144. The van der Waals surface area contributed by atoms with Crippen LogP contribution in [0.15, 0.2) is 18.3 Å². The summed E-state index contributed by atoms with van der Waals surface area (Å²) in [7, 11) is -3.33. The molecule has 2 aliphatic rings. The second-order valence-corrected chi connectivity index (χ2v) is 11.4. The Morgan fingerprint density at radius 3 is 2.91 bits per heavy atom. The Kier molecular flexibility index (Phi) is 4.48. The van der Waals surface area contributed by atoms with E-state index in [0.29, 0.717) is 33.7 Å². The molecule has 10 nitrogen and oxygen atoms in total. The molecule has 0 fully saturated rings. The minimum Gasteiger partial charge on any atom is -0.419 e. The highest BCUT2D eigenvalue weighted by Gasteiger charge is 2.31. The maximum absolute atomic E-state index is 12.6. The van der Waals surface area contributed by atoms with Gasteiger partial charge in [0.05, 0.1) is 45.7 Å². The van der Waals surface area contributed by atoms with Gasteiger partial charge in [-0.05, 0) is 30.7 Å². The first-order valence-electron chi connectivity index (χ1n) is 9.98. The van der Waals surface area contributed by atoms with Crippen molar-refractivity contribution in [1.82, 2.24) is 25.3 Å². The fourth-order valence-corrected chi connectivity index (χ4v) is 6.78. The van der Waals surface area contributed by atoms with Gasteiger partial charge in [-0.15, -0.1) is 11.3 Å². The van der Waals surface area contributed by atoms with Gasteiger partial charge in [-0.1, -0.05) is 0 Å². The van der Waals surface area contributed by atoms with Crippen molar-refractivity contribution in [1.29, 1.82) is 0 Å². The minimum atomic E-state index is -3.33. The summed E-state index contributed by atoms with van der Waals surface area (Å²) in [4.78, 5) is 30.4. The highest BCUT2D eigenvalue weighted by molar-refractivity contribution is 7.90. The zero-order valence-electron chi connectivity index (χ0n) is 17.0. The molecule has 168 valence electrons. The van der Waals surface area contributed by atoms with Gasteiger partial charge in [0.2, 0.25) is 17.0 Å². The average Bonchev–Trinajstić information content (AvgIpc) is 3.24. The van der Waals surface area contributed by atoms with Gasteiger partial charge in [0.15, 0.2) is 9.84 Å². The van der Waals surface area contributed by atoms with E-state index in [9.17, 15) is 13.2 Å². The van der Waals surface area contributed by atoms with Crippen LogP contribution in [0.5, 0.6) is 11.8 Å². The van der Waals surface area contributed by atoms with E-state index in [2.05, 4.69) is 30.6 Å². The van der Waals surface area contributed by atoms with E-state index in [-0.39, 0.29) is 40.5 Å². The van der Waals surface area contributed by atoms with Gasteiger partial charge < -0.3 is 15.4 Å². The summed E-state index contributed by atoms with van der Waals surface area (Å²) in [5, 5.41) is 7.04. The quantitative estimate of drug-likeness (QED) is 0.396. The van der Waals surface area contributed by atoms with Crippen LogP contribution in [-0.4, -0.2) is 46.8 Å². The number of nitrogens with zero attached hydrogens (tertiary/aromatic N) is 4. The highest BCUT2D eigenvalue weighted by atomic mass is 35.5. The first kappa shape index (κ1) is 20.5. The second kappa shape index (κ2) is 7.20. The van der Waals surface area contributed by atoms with E-state index < -0.39 is 9.84 Å². The van der Waals surface area contributed by atoms with Gasteiger partial charge in [-0.25, -0.2) is 23.4 Å². The van der Waals surface area contributed by atoms with Crippen molar-refractivity contribution in [2.75, 3.05) is 11.9 Å². The molecule has 0 bridgehead atoms. The van der Waals surface area contributed by atoms with E-state index in [4.69, 9.17) is 16.3 Å². The number of hydrogen-bond donors (Lipinski definition) is 2. The summed E-state index contributed by atoms with van der Waals surface area (Å²) in [6.45, 7) is 2.53. The van der Waals surface area contributed by atoms with Crippen LogP contribution >= 0.6 is 22.9 Å². The zero-order valence-corrected chi connectivity index (χ0v) is 19.4. The number of benzene rings is 1. The lowest BCUT2D eigenvalue weighted by Crippen LogP contribution is -2.34. The van der Waals surface area contributed by atoms with Crippen LogP contribution in [0.25, 0.3) is 21.1 Å². The smallest absolute Gasteiger partial charge is 0.263 e. The lowest BCUT2D eigenvalue weighted by molar-refractivity contribution is 0.0949. The van der Waals surface area contributed by atoms with Crippen molar-refractivity contribution < 1.29 is 17.9 Å². The molecule has 0 saturated heterocycles. The molecule has 2 aliphatic heterocycles.